The first-order chi connectivity index (χ1) is 18.6. The van der Waals surface area contributed by atoms with Gasteiger partial charge in [0.05, 0.1) is 34.6 Å². The van der Waals surface area contributed by atoms with E-state index in [1.165, 1.54) is 31.1 Å². The minimum atomic E-state index is -3.36. The molecule has 0 saturated carbocycles. The summed E-state index contributed by atoms with van der Waals surface area (Å²) in [5, 5.41) is 10.8. The summed E-state index contributed by atoms with van der Waals surface area (Å²) < 4.78 is 39.8. The zero-order valence-electron chi connectivity index (χ0n) is 21.3. The molecule has 39 heavy (non-hydrogen) atoms. The average molecular weight is 552 g/mol. The van der Waals surface area contributed by atoms with Crippen molar-refractivity contribution in [2.24, 2.45) is 0 Å². The van der Waals surface area contributed by atoms with Crippen LogP contribution in [0.25, 0.3) is 10.8 Å². The summed E-state index contributed by atoms with van der Waals surface area (Å²) in [4.78, 5) is 35.5. The monoisotopic (exact) mass is 551 g/mol. The molecule has 13 heteroatoms. The lowest BCUT2D eigenvalue weighted by Crippen LogP contribution is -2.28. The fraction of sp³-hybridized carbons (Fsp3) is 0.269. The first-order valence-corrected chi connectivity index (χ1v) is 13.8. The molecule has 4 aromatic rings. The smallest absolute Gasteiger partial charge is 0.272 e. The van der Waals surface area contributed by atoms with Crippen LogP contribution >= 0.6 is 0 Å². The highest BCUT2D eigenvalue weighted by Crippen LogP contribution is 2.25. The normalized spacial score (nSPS) is 13.2. The van der Waals surface area contributed by atoms with Gasteiger partial charge in [-0.3, -0.25) is 9.59 Å². The number of hydrogen-bond donors (Lipinski definition) is 2. The average Bonchev–Trinajstić information content (AvgIpc) is 3.34. The van der Waals surface area contributed by atoms with Crippen molar-refractivity contribution < 1.29 is 17.6 Å². The summed E-state index contributed by atoms with van der Waals surface area (Å²) in [5.74, 6) is -0.996. The van der Waals surface area contributed by atoms with Gasteiger partial charge in [-0.2, -0.15) is 5.10 Å². The Bertz CT molecular complexity index is 1740. The Hall–Kier alpha value is -4.23. The van der Waals surface area contributed by atoms with Crippen LogP contribution in [0.3, 0.4) is 0 Å². The van der Waals surface area contributed by atoms with Crippen LogP contribution in [0.2, 0.25) is 0 Å². The Morgan fingerprint density at radius 3 is 2.69 bits per heavy atom. The molecule has 5 rings (SSSR count). The number of sulfonamides is 1. The van der Waals surface area contributed by atoms with E-state index in [2.05, 4.69) is 25.5 Å². The van der Waals surface area contributed by atoms with Gasteiger partial charge in [0.2, 0.25) is 16.0 Å². The van der Waals surface area contributed by atoms with Gasteiger partial charge in [0, 0.05) is 50.8 Å². The molecule has 11 nitrogen and oxygen atoms in total. The van der Waals surface area contributed by atoms with Crippen molar-refractivity contribution in [3.8, 4) is 0 Å². The standard InChI is InChI=1S/C26H26FN7O4S/c1-33(2)39(37,38)10-9-28-26-29-13-17-14-34(15-23(17)30-26)25(36)20-11-16(7-8-21(20)27)12-22-18-5-3-4-6-19(18)24(35)32-31-22/h3-8,11,13H,9-10,12,14-15H2,1-2H3,(H,32,35)(H,28,29,30). The molecule has 2 N–H and O–H groups in total. The number of fused-ring (bicyclic) bond motifs is 2. The third kappa shape index (κ3) is 5.49. The second-order valence-corrected chi connectivity index (χ2v) is 11.7. The lowest BCUT2D eigenvalue weighted by Gasteiger charge is -2.16. The van der Waals surface area contributed by atoms with Crippen LogP contribution in [0, 0.1) is 5.82 Å². The molecule has 0 spiro atoms. The number of aromatic amines is 1. The topological polar surface area (TPSA) is 141 Å². The number of halogens is 1. The van der Waals surface area contributed by atoms with Gasteiger partial charge in [0.25, 0.3) is 11.5 Å². The van der Waals surface area contributed by atoms with Crippen molar-refractivity contribution in [1.82, 2.24) is 29.4 Å². The van der Waals surface area contributed by atoms with Crippen LogP contribution in [0.5, 0.6) is 0 Å². The molecule has 2 aromatic carbocycles. The Morgan fingerprint density at radius 1 is 1.15 bits per heavy atom. The minimum absolute atomic E-state index is 0.0748. The predicted molar refractivity (Wildman–Crippen MR) is 143 cm³/mol. The molecule has 0 saturated heterocycles. The minimum Gasteiger partial charge on any atom is -0.353 e. The van der Waals surface area contributed by atoms with Crippen molar-refractivity contribution in [2.45, 2.75) is 19.5 Å². The molecule has 0 radical (unpaired) electrons. The van der Waals surface area contributed by atoms with Crippen molar-refractivity contribution in [3.63, 3.8) is 0 Å². The summed E-state index contributed by atoms with van der Waals surface area (Å²) in [7, 11) is -0.431. The SMILES string of the molecule is CN(C)S(=O)(=O)CCNc1ncc2c(n1)CN(C(=O)c1cc(Cc3n[nH]c(=O)c4ccccc34)ccc1F)C2. The maximum absolute atomic E-state index is 14.8. The molecule has 202 valence electrons. The lowest BCUT2D eigenvalue weighted by atomic mass is 10.0. The summed E-state index contributed by atoms with van der Waals surface area (Å²) in [6.07, 6.45) is 1.88. The Kier molecular flexibility index (Phi) is 7.10. The van der Waals surface area contributed by atoms with Crippen molar-refractivity contribution >= 4 is 32.7 Å². The molecular weight excluding hydrogens is 525 g/mol. The highest BCUT2D eigenvalue weighted by Gasteiger charge is 2.28. The zero-order chi connectivity index (χ0) is 27.7. The first-order valence-electron chi connectivity index (χ1n) is 12.2. The molecular formula is C26H26FN7O4S. The summed E-state index contributed by atoms with van der Waals surface area (Å²) in [6.45, 7) is 0.510. The van der Waals surface area contributed by atoms with Gasteiger partial charge >= 0.3 is 0 Å². The molecule has 0 unspecified atom stereocenters. The van der Waals surface area contributed by atoms with Crippen molar-refractivity contribution in [1.29, 1.82) is 0 Å². The fourth-order valence-corrected chi connectivity index (χ4v) is 5.10. The van der Waals surface area contributed by atoms with E-state index in [0.717, 1.165) is 9.87 Å². The molecule has 0 atom stereocenters. The second-order valence-electron chi connectivity index (χ2n) is 9.39. The van der Waals surface area contributed by atoms with Crippen LogP contribution in [0.15, 0.2) is 53.5 Å². The maximum Gasteiger partial charge on any atom is 0.272 e. The molecule has 1 aliphatic rings. The van der Waals surface area contributed by atoms with Gasteiger partial charge in [0.15, 0.2) is 0 Å². The van der Waals surface area contributed by atoms with E-state index in [-0.39, 0.29) is 42.5 Å². The van der Waals surface area contributed by atoms with E-state index in [1.54, 1.807) is 30.5 Å². The third-order valence-electron chi connectivity index (χ3n) is 6.55. The number of anilines is 1. The highest BCUT2D eigenvalue weighted by molar-refractivity contribution is 7.89. The molecule has 1 aliphatic heterocycles. The van der Waals surface area contributed by atoms with Crippen LogP contribution < -0.4 is 10.9 Å². The number of amides is 1. The Labute approximate surface area is 223 Å². The van der Waals surface area contributed by atoms with E-state index in [0.29, 0.717) is 34.1 Å². The number of carbonyl (C=O) groups is 1. The van der Waals surface area contributed by atoms with E-state index in [9.17, 15) is 22.4 Å². The van der Waals surface area contributed by atoms with E-state index in [4.69, 9.17) is 0 Å². The maximum atomic E-state index is 14.8. The van der Waals surface area contributed by atoms with Gasteiger partial charge in [-0.25, -0.2) is 32.2 Å². The number of nitrogens with one attached hydrogen (secondary N) is 2. The number of H-pyrrole nitrogens is 1. The van der Waals surface area contributed by atoms with Crippen molar-refractivity contribution in [2.75, 3.05) is 31.7 Å². The van der Waals surface area contributed by atoms with Gasteiger partial charge in [-0.05, 0) is 23.8 Å². The molecule has 0 aliphatic carbocycles. The molecule has 2 aromatic heterocycles. The van der Waals surface area contributed by atoms with Crippen LogP contribution in [-0.2, 0) is 29.5 Å². The number of hydrogen-bond acceptors (Lipinski definition) is 8. The largest absolute Gasteiger partial charge is 0.353 e. The Balaban J connectivity index is 1.30. The number of nitrogens with zero attached hydrogens (tertiary/aromatic N) is 5. The molecule has 3 heterocycles. The quantitative estimate of drug-likeness (QED) is 0.338. The van der Waals surface area contributed by atoms with Crippen LogP contribution in [-0.4, -0.2) is 70.1 Å². The second kappa shape index (κ2) is 10.5. The first kappa shape index (κ1) is 26.4. The van der Waals surface area contributed by atoms with Gasteiger partial charge in [-0.15, -0.1) is 0 Å². The summed E-state index contributed by atoms with van der Waals surface area (Å²) in [6, 6.07) is 11.4. The lowest BCUT2D eigenvalue weighted by molar-refractivity contribution is 0.0745. The summed E-state index contributed by atoms with van der Waals surface area (Å²) in [5.41, 5.74) is 2.25. The molecule has 0 bridgehead atoms. The van der Waals surface area contributed by atoms with Crippen LogP contribution in [0.1, 0.15) is 32.9 Å². The van der Waals surface area contributed by atoms with E-state index >= 15 is 0 Å². The van der Waals surface area contributed by atoms with Gasteiger partial charge < -0.3 is 10.2 Å². The number of aromatic nitrogens is 4. The zero-order valence-corrected chi connectivity index (χ0v) is 22.1. The number of rotatable bonds is 8. The highest BCUT2D eigenvalue weighted by atomic mass is 32.2. The van der Waals surface area contributed by atoms with Gasteiger partial charge in [0.1, 0.15) is 5.82 Å². The Morgan fingerprint density at radius 2 is 1.92 bits per heavy atom. The van der Waals surface area contributed by atoms with Gasteiger partial charge in [-0.1, -0.05) is 24.3 Å². The van der Waals surface area contributed by atoms with Crippen molar-refractivity contribution in [3.05, 3.63) is 92.9 Å². The summed E-state index contributed by atoms with van der Waals surface area (Å²) >= 11 is 0. The fourth-order valence-electron chi connectivity index (χ4n) is 4.37. The molecule has 1 amide bonds. The molecule has 0 fully saturated rings. The number of carbonyl (C=O) groups excluding carboxylic acids is 1. The number of benzene rings is 2. The van der Waals surface area contributed by atoms with E-state index in [1.807, 2.05) is 6.07 Å². The van der Waals surface area contributed by atoms with Crippen LogP contribution in [0.4, 0.5) is 10.3 Å². The van der Waals surface area contributed by atoms with E-state index < -0.39 is 21.7 Å². The third-order valence-corrected chi connectivity index (χ3v) is 8.38. The predicted octanol–water partition coefficient (Wildman–Crippen LogP) is 1.90.